The highest BCUT2D eigenvalue weighted by Gasteiger charge is 2.05. The maximum Gasteiger partial charge on any atom is 0.344 e. The Morgan fingerprint density at radius 2 is 1.39 bits per heavy atom. The van der Waals surface area contributed by atoms with Crippen LogP contribution in [0, 0.1) is 0 Å². The summed E-state index contributed by atoms with van der Waals surface area (Å²) < 4.78 is 14.2. The highest BCUT2D eigenvalue weighted by molar-refractivity contribution is 6.26. The largest absolute Gasteiger partial charge is 0.507 e. The highest BCUT2D eigenvalue weighted by atomic mass is 35.5. The topological polar surface area (TPSA) is 116 Å². The number of ether oxygens (including phenoxy) is 3. The summed E-state index contributed by atoms with van der Waals surface area (Å²) in [5, 5.41) is 8.88. The van der Waals surface area contributed by atoms with Crippen LogP contribution < -0.4 is 4.74 Å². The van der Waals surface area contributed by atoms with Crippen molar-refractivity contribution in [1.29, 1.82) is 0 Å². The van der Waals surface area contributed by atoms with Gasteiger partial charge in [-0.05, 0) is 38.1 Å². The predicted octanol–water partition coefficient (Wildman–Crippen LogP) is 3.43. The Hall–Kier alpha value is -3.39. The van der Waals surface area contributed by atoms with Gasteiger partial charge in [-0.25, -0.2) is 4.79 Å². The van der Waals surface area contributed by atoms with Crippen molar-refractivity contribution in [3.05, 3.63) is 59.7 Å². The van der Waals surface area contributed by atoms with Crippen molar-refractivity contribution in [3.63, 3.8) is 0 Å². The molecule has 0 amide bonds. The summed E-state index contributed by atoms with van der Waals surface area (Å²) >= 11 is 5.06. The molecule has 0 radical (unpaired) electrons. The molecule has 0 heterocycles. The van der Waals surface area contributed by atoms with Crippen LogP contribution in [-0.2, 0) is 19.1 Å². The van der Waals surface area contributed by atoms with Crippen LogP contribution >= 0.6 is 11.6 Å². The molecule has 0 aliphatic heterocycles. The molecule has 8 nitrogen and oxygen atoms in total. The van der Waals surface area contributed by atoms with Crippen LogP contribution in [0.15, 0.2) is 48.5 Å². The van der Waals surface area contributed by atoms with Crippen LogP contribution in [0.3, 0.4) is 0 Å². The van der Waals surface area contributed by atoms with Crippen LogP contribution in [0.25, 0.3) is 0 Å². The molecule has 2 aromatic carbocycles. The number of phenols is 1. The number of rotatable bonds is 8. The molecule has 2 rings (SSSR count). The normalized spacial score (nSPS) is 9.00. The van der Waals surface area contributed by atoms with Crippen molar-refractivity contribution in [2.75, 3.05) is 25.7 Å². The van der Waals surface area contributed by atoms with Crippen molar-refractivity contribution in [1.82, 2.24) is 0 Å². The van der Waals surface area contributed by atoms with Gasteiger partial charge in [-0.3, -0.25) is 14.4 Å². The van der Waals surface area contributed by atoms with Gasteiger partial charge < -0.3 is 19.3 Å². The fourth-order valence-electron chi connectivity index (χ4n) is 1.84. The third-order valence-corrected chi connectivity index (χ3v) is 3.39. The minimum absolute atomic E-state index is 0.0347. The molecule has 9 heteroatoms. The predicted molar refractivity (Wildman–Crippen MR) is 115 cm³/mol. The lowest BCUT2D eigenvalue weighted by atomic mass is 10.2. The Balaban J connectivity index is 0.000000479. The lowest BCUT2D eigenvalue weighted by molar-refractivity contribution is -0.145. The fraction of sp³-hybridized carbons (Fsp3) is 0.273. The minimum Gasteiger partial charge on any atom is -0.507 e. The zero-order valence-electron chi connectivity index (χ0n) is 17.3. The number of aldehydes is 2. The molecule has 0 unspecified atom stereocenters. The Kier molecular flexibility index (Phi) is 15.6. The molecule has 0 bridgehead atoms. The number of aromatic hydroxyl groups is 1. The first-order valence-electron chi connectivity index (χ1n) is 9.20. The van der Waals surface area contributed by atoms with E-state index in [2.05, 4.69) is 9.47 Å². The van der Waals surface area contributed by atoms with Crippen molar-refractivity contribution in [3.8, 4) is 11.5 Å². The van der Waals surface area contributed by atoms with E-state index >= 15 is 0 Å². The number of alkyl halides is 1. The summed E-state index contributed by atoms with van der Waals surface area (Å²) in [4.78, 5) is 41.7. The van der Waals surface area contributed by atoms with E-state index in [-0.39, 0.29) is 24.2 Å². The second-order valence-corrected chi connectivity index (χ2v) is 5.63. The van der Waals surface area contributed by atoms with Gasteiger partial charge in [0.1, 0.15) is 17.4 Å². The smallest absolute Gasteiger partial charge is 0.344 e. The average molecular weight is 453 g/mol. The van der Waals surface area contributed by atoms with Gasteiger partial charge in [0.2, 0.25) is 0 Å². The summed E-state index contributed by atoms with van der Waals surface area (Å²) in [5.74, 6) is -0.427. The molecule has 168 valence electrons. The number of phenolic OH excluding ortho intramolecular Hbond substituents is 1. The number of para-hydroxylation sites is 2. The number of hydrogen-bond donors (Lipinski definition) is 1. The Morgan fingerprint density at radius 3 is 1.84 bits per heavy atom. The number of halogens is 1. The van der Waals surface area contributed by atoms with Gasteiger partial charge in [0.15, 0.2) is 19.2 Å². The van der Waals surface area contributed by atoms with E-state index in [4.69, 9.17) is 21.4 Å². The van der Waals surface area contributed by atoms with Gasteiger partial charge in [0.25, 0.3) is 0 Å². The summed E-state index contributed by atoms with van der Waals surface area (Å²) in [6, 6.07) is 13.1. The molecule has 0 saturated carbocycles. The number of carbonyl (C=O) groups excluding carboxylic acids is 4. The van der Waals surface area contributed by atoms with Crippen LogP contribution in [0.5, 0.6) is 11.5 Å². The number of carbonyl (C=O) groups is 4. The molecule has 31 heavy (non-hydrogen) atoms. The fourth-order valence-corrected chi connectivity index (χ4v) is 1.91. The SMILES string of the molecule is CCOC(=O)CCl.CCOC(=O)COc1ccccc1C=O.O=Cc1ccccc1O. The molecular weight excluding hydrogens is 428 g/mol. The maximum absolute atomic E-state index is 11.0. The van der Waals surface area contributed by atoms with E-state index in [1.165, 1.54) is 6.07 Å². The maximum atomic E-state index is 11.0. The van der Waals surface area contributed by atoms with Crippen LogP contribution in [0.1, 0.15) is 34.6 Å². The molecule has 0 atom stereocenters. The number of benzene rings is 2. The van der Waals surface area contributed by atoms with Gasteiger partial charge in [-0.2, -0.15) is 0 Å². The van der Waals surface area contributed by atoms with Crippen LogP contribution in [0.4, 0.5) is 0 Å². The quantitative estimate of drug-likeness (QED) is 0.368. The lowest BCUT2D eigenvalue weighted by Crippen LogP contribution is -2.15. The van der Waals surface area contributed by atoms with Gasteiger partial charge in [0, 0.05) is 0 Å². The summed E-state index contributed by atoms with van der Waals surface area (Å²) in [5.41, 5.74) is 0.749. The first kappa shape index (κ1) is 27.6. The van der Waals surface area contributed by atoms with Crippen molar-refractivity contribution < 1.29 is 38.5 Å². The monoisotopic (exact) mass is 452 g/mol. The summed E-state index contributed by atoms with van der Waals surface area (Å²) in [6.07, 6.45) is 1.30. The summed E-state index contributed by atoms with van der Waals surface area (Å²) in [7, 11) is 0. The van der Waals surface area contributed by atoms with E-state index in [1.807, 2.05) is 0 Å². The third kappa shape index (κ3) is 12.7. The van der Waals surface area contributed by atoms with Crippen molar-refractivity contribution in [2.24, 2.45) is 0 Å². The molecule has 0 saturated heterocycles. The summed E-state index contributed by atoms with van der Waals surface area (Å²) in [6.45, 7) is 4.00. The standard InChI is InChI=1S/C11H12O4.C7H6O2.C4H7ClO2/c1-2-14-11(13)8-15-10-6-4-3-5-9(10)7-12;8-5-6-3-1-2-4-7(6)9;1-2-7-4(6)3-5/h3-7H,2,8H2,1H3;1-5,9H;2-3H2,1H3. The molecular formula is C22H25ClO8. The highest BCUT2D eigenvalue weighted by Crippen LogP contribution is 2.15. The van der Waals surface area contributed by atoms with Gasteiger partial charge in [-0.1, -0.05) is 24.3 Å². The Bertz CT molecular complexity index is 823. The second-order valence-electron chi connectivity index (χ2n) is 5.36. The Labute approximate surface area is 185 Å². The van der Waals surface area contributed by atoms with Crippen molar-refractivity contribution >= 4 is 36.1 Å². The van der Waals surface area contributed by atoms with E-state index < -0.39 is 5.97 Å². The van der Waals surface area contributed by atoms with Gasteiger partial charge in [0.05, 0.1) is 24.3 Å². The zero-order valence-corrected chi connectivity index (χ0v) is 18.0. The Morgan fingerprint density at radius 1 is 0.871 bits per heavy atom. The molecule has 0 aromatic heterocycles. The third-order valence-electron chi connectivity index (χ3n) is 3.17. The molecule has 0 aliphatic carbocycles. The molecule has 0 fully saturated rings. The van der Waals surface area contributed by atoms with Crippen LogP contribution in [0.2, 0.25) is 0 Å². The van der Waals surface area contributed by atoms with E-state index in [0.717, 1.165) is 0 Å². The van der Waals surface area contributed by atoms with E-state index in [1.54, 1.807) is 56.3 Å². The number of esters is 2. The molecule has 0 aliphatic rings. The minimum atomic E-state index is -0.446. The lowest BCUT2D eigenvalue weighted by Gasteiger charge is -2.06. The van der Waals surface area contributed by atoms with E-state index in [9.17, 15) is 19.2 Å². The molecule has 0 spiro atoms. The molecule has 1 N–H and O–H groups in total. The van der Waals surface area contributed by atoms with Gasteiger partial charge >= 0.3 is 11.9 Å². The van der Waals surface area contributed by atoms with Gasteiger partial charge in [-0.15, -0.1) is 11.6 Å². The first-order chi connectivity index (χ1) is 14.9. The van der Waals surface area contributed by atoms with E-state index in [0.29, 0.717) is 42.7 Å². The zero-order chi connectivity index (χ0) is 23.5. The average Bonchev–Trinajstić information content (AvgIpc) is 2.79. The number of hydrogen-bond acceptors (Lipinski definition) is 8. The second kappa shape index (κ2) is 17.5. The first-order valence-corrected chi connectivity index (χ1v) is 9.74. The van der Waals surface area contributed by atoms with Crippen LogP contribution in [-0.4, -0.2) is 55.3 Å². The molecule has 2 aromatic rings. The van der Waals surface area contributed by atoms with Crippen molar-refractivity contribution in [2.45, 2.75) is 13.8 Å².